The van der Waals surface area contributed by atoms with Crippen molar-refractivity contribution in [1.82, 2.24) is 14.8 Å². The van der Waals surface area contributed by atoms with Gasteiger partial charge in [0.2, 0.25) is 0 Å². The van der Waals surface area contributed by atoms with Gasteiger partial charge in [-0.2, -0.15) is 0 Å². The van der Waals surface area contributed by atoms with Crippen molar-refractivity contribution >= 4 is 17.5 Å². The van der Waals surface area contributed by atoms with Crippen LogP contribution >= 0.6 is 11.8 Å². The molecule has 0 amide bonds. The third kappa shape index (κ3) is 5.05. The summed E-state index contributed by atoms with van der Waals surface area (Å²) in [5, 5.41) is 9.65. The van der Waals surface area contributed by atoms with E-state index < -0.39 is 0 Å². The third-order valence-electron chi connectivity index (χ3n) is 4.56. The fourth-order valence-electron chi connectivity index (χ4n) is 3.03. The van der Waals surface area contributed by atoms with Crippen LogP contribution in [-0.2, 0) is 17.0 Å². The van der Waals surface area contributed by atoms with Gasteiger partial charge in [-0.3, -0.25) is 9.36 Å². The Bertz CT molecular complexity index is 1000. The van der Waals surface area contributed by atoms with E-state index in [4.69, 9.17) is 9.47 Å². The monoisotopic (exact) mass is 411 g/mol. The maximum atomic E-state index is 11.7. The summed E-state index contributed by atoms with van der Waals surface area (Å²) in [6.07, 6.45) is 0. The number of aryl methyl sites for hydroxylation is 1. The SMILES string of the molecule is COCCn1c(SCc2cc(C(C)=O)ccc2OC)nnc1-c1cccc(C)c1. The highest BCUT2D eigenvalue weighted by molar-refractivity contribution is 7.98. The predicted octanol–water partition coefficient (Wildman–Crippen LogP) is 4.40. The molecule has 0 radical (unpaired) electrons. The minimum absolute atomic E-state index is 0.0314. The highest BCUT2D eigenvalue weighted by atomic mass is 32.2. The molecule has 0 unspecified atom stereocenters. The molecule has 0 aliphatic heterocycles. The quantitative estimate of drug-likeness (QED) is 0.384. The second-order valence-corrected chi connectivity index (χ2v) is 7.63. The molecular formula is C22H25N3O3S. The van der Waals surface area contributed by atoms with Gasteiger partial charge in [-0.15, -0.1) is 10.2 Å². The van der Waals surface area contributed by atoms with Gasteiger partial charge in [0.25, 0.3) is 0 Å². The fourth-order valence-corrected chi connectivity index (χ4v) is 3.97. The first kappa shape index (κ1) is 21.1. The number of rotatable bonds is 9. The first-order valence-corrected chi connectivity index (χ1v) is 10.3. The Morgan fingerprint density at radius 2 is 1.97 bits per heavy atom. The molecule has 2 aromatic carbocycles. The van der Waals surface area contributed by atoms with E-state index >= 15 is 0 Å². The van der Waals surface area contributed by atoms with E-state index in [1.165, 1.54) is 5.56 Å². The summed E-state index contributed by atoms with van der Waals surface area (Å²) in [6.45, 7) is 4.84. The number of carbonyl (C=O) groups is 1. The van der Waals surface area contributed by atoms with E-state index in [1.807, 2.05) is 24.3 Å². The van der Waals surface area contributed by atoms with Crippen LogP contribution in [0.25, 0.3) is 11.4 Å². The van der Waals surface area contributed by atoms with Crippen molar-refractivity contribution in [1.29, 1.82) is 0 Å². The van der Waals surface area contributed by atoms with Crippen LogP contribution in [-0.4, -0.2) is 41.4 Å². The van der Waals surface area contributed by atoms with Crippen LogP contribution in [0.2, 0.25) is 0 Å². The van der Waals surface area contributed by atoms with E-state index in [2.05, 4.69) is 33.8 Å². The van der Waals surface area contributed by atoms with Crippen molar-refractivity contribution in [2.24, 2.45) is 0 Å². The van der Waals surface area contributed by atoms with Crippen molar-refractivity contribution in [3.05, 3.63) is 59.2 Å². The lowest BCUT2D eigenvalue weighted by Gasteiger charge is -2.12. The summed E-state index contributed by atoms with van der Waals surface area (Å²) in [5.74, 6) is 2.22. The predicted molar refractivity (Wildman–Crippen MR) is 115 cm³/mol. The summed E-state index contributed by atoms with van der Waals surface area (Å²) in [7, 11) is 3.31. The van der Waals surface area contributed by atoms with Gasteiger partial charge in [0.05, 0.1) is 20.3 Å². The Labute approximate surface area is 175 Å². The maximum Gasteiger partial charge on any atom is 0.191 e. The summed E-state index contributed by atoms with van der Waals surface area (Å²) < 4.78 is 12.8. The van der Waals surface area contributed by atoms with Gasteiger partial charge >= 0.3 is 0 Å². The number of benzene rings is 2. The molecule has 3 aromatic rings. The zero-order chi connectivity index (χ0) is 20.8. The Hall–Kier alpha value is -2.64. The lowest BCUT2D eigenvalue weighted by Crippen LogP contribution is -2.07. The molecule has 0 fully saturated rings. The molecule has 152 valence electrons. The van der Waals surface area contributed by atoms with Crippen molar-refractivity contribution in [2.45, 2.75) is 31.3 Å². The lowest BCUT2D eigenvalue weighted by molar-refractivity contribution is 0.101. The summed E-state index contributed by atoms with van der Waals surface area (Å²) >= 11 is 1.56. The molecular weight excluding hydrogens is 386 g/mol. The molecule has 0 aliphatic carbocycles. The number of thioether (sulfide) groups is 1. The van der Waals surface area contributed by atoms with Crippen molar-refractivity contribution in [3.8, 4) is 17.1 Å². The molecule has 6 nitrogen and oxygen atoms in total. The zero-order valence-electron chi connectivity index (χ0n) is 17.1. The number of carbonyl (C=O) groups excluding carboxylic acids is 1. The minimum Gasteiger partial charge on any atom is -0.496 e. The number of nitrogens with zero attached hydrogens (tertiary/aromatic N) is 3. The van der Waals surface area contributed by atoms with Gasteiger partial charge in [0.1, 0.15) is 5.75 Å². The van der Waals surface area contributed by atoms with E-state index in [-0.39, 0.29) is 5.78 Å². The van der Waals surface area contributed by atoms with Crippen LogP contribution in [0, 0.1) is 6.92 Å². The topological polar surface area (TPSA) is 66.2 Å². The van der Waals surface area contributed by atoms with Gasteiger partial charge in [-0.05, 0) is 38.1 Å². The van der Waals surface area contributed by atoms with E-state index in [0.29, 0.717) is 24.5 Å². The van der Waals surface area contributed by atoms with Crippen LogP contribution in [0.15, 0.2) is 47.6 Å². The Morgan fingerprint density at radius 3 is 2.66 bits per heavy atom. The largest absolute Gasteiger partial charge is 0.496 e. The second kappa shape index (κ2) is 9.71. The lowest BCUT2D eigenvalue weighted by atomic mass is 10.1. The number of ether oxygens (including phenoxy) is 2. The third-order valence-corrected chi connectivity index (χ3v) is 5.57. The molecule has 29 heavy (non-hydrogen) atoms. The maximum absolute atomic E-state index is 11.7. The summed E-state index contributed by atoms with van der Waals surface area (Å²) in [5.41, 5.74) is 3.81. The van der Waals surface area contributed by atoms with Gasteiger partial charge in [-0.25, -0.2) is 0 Å². The van der Waals surface area contributed by atoms with Gasteiger partial charge < -0.3 is 9.47 Å². The summed E-state index contributed by atoms with van der Waals surface area (Å²) in [4.78, 5) is 11.7. The molecule has 0 saturated carbocycles. The first-order valence-electron chi connectivity index (χ1n) is 9.33. The zero-order valence-corrected chi connectivity index (χ0v) is 18.0. The molecule has 0 N–H and O–H groups in total. The number of ketones is 1. The minimum atomic E-state index is 0.0314. The van der Waals surface area contributed by atoms with Crippen LogP contribution in [0.5, 0.6) is 5.75 Å². The molecule has 3 rings (SSSR count). The van der Waals surface area contributed by atoms with Crippen LogP contribution in [0.4, 0.5) is 0 Å². The van der Waals surface area contributed by atoms with Crippen molar-refractivity contribution in [2.75, 3.05) is 20.8 Å². The fraction of sp³-hybridized carbons (Fsp3) is 0.318. The van der Waals surface area contributed by atoms with Crippen LogP contribution < -0.4 is 4.74 Å². The number of hydrogen-bond acceptors (Lipinski definition) is 6. The highest BCUT2D eigenvalue weighted by Crippen LogP contribution is 2.30. The Balaban J connectivity index is 1.89. The molecule has 0 atom stereocenters. The van der Waals surface area contributed by atoms with Crippen LogP contribution in [0.3, 0.4) is 0 Å². The molecule has 1 heterocycles. The van der Waals surface area contributed by atoms with Crippen molar-refractivity contribution in [3.63, 3.8) is 0 Å². The summed E-state index contributed by atoms with van der Waals surface area (Å²) in [6, 6.07) is 13.7. The molecule has 0 spiro atoms. The smallest absolute Gasteiger partial charge is 0.191 e. The van der Waals surface area contributed by atoms with Gasteiger partial charge in [0.15, 0.2) is 16.8 Å². The van der Waals surface area contributed by atoms with Crippen LogP contribution in [0.1, 0.15) is 28.4 Å². The van der Waals surface area contributed by atoms with Gasteiger partial charge in [0, 0.05) is 29.6 Å². The number of Topliss-reactive ketones (excluding diaryl/α,β-unsaturated/α-hetero) is 1. The van der Waals surface area contributed by atoms with E-state index in [1.54, 1.807) is 39.0 Å². The number of methoxy groups -OCH3 is 2. The Kier molecular flexibility index (Phi) is 7.06. The molecule has 0 aliphatic rings. The van der Waals surface area contributed by atoms with Crippen molar-refractivity contribution < 1.29 is 14.3 Å². The average Bonchev–Trinajstić information content (AvgIpc) is 3.13. The standard InChI is InChI=1S/C22H25N3O3S/c1-15-6-5-7-18(12-15)21-23-24-22(25(21)10-11-27-3)29-14-19-13-17(16(2)26)8-9-20(19)28-4/h5-9,12-13H,10-11,14H2,1-4H3. The number of aromatic nitrogens is 3. The second-order valence-electron chi connectivity index (χ2n) is 6.69. The normalized spacial score (nSPS) is 10.9. The highest BCUT2D eigenvalue weighted by Gasteiger charge is 2.16. The van der Waals surface area contributed by atoms with E-state index in [0.717, 1.165) is 27.9 Å². The molecule has 0 saturated heterocycles. The molecule has 1 aromatic heterocycles. The van der Waals surface area contributed by atoms with E-state index in [9.17, 15) is 4.79 Å². The first-order chi connectivity index (χ1) is 14.0. The average molecular weight is 412 g/mol. The van der Waals surface area contributed by atoms with Gasteiger partial charge in [-0.1, -0.05) is 35.5 Å². The molecule has 0 bridgehead atoms. The molecule has 7 heteroatoms. The number of hydrogen-bond donors (Lipinski definition) is 0. The Morgan fingerprint density at radius 1 is 1.14 bits per heavy atom.